The van der Waals surface area contributed by atoms with Crippen molar-refractivity contribution in [2.75, 3.05) is 65.5 Å². The number of anilines is 1. The number of hydrogen-bond donors (Lipinski definition) is 2. The van der Waals surface area contributed by atoms with Gasteiger partial charge in [-0.1, -0.05) is 74.0 Å². The molecule has 64 heavy (non-hydrogen) atoms. The van der Waals surface area contributed by atoms with Crippen LogP contribution in [0.3, 0.4) is 0 Å². The summed E-state index contributed by atoms with van der Waals surface area (Å²) in [6.45, 7) is 9.18. The SMILES string of the molecule is CCC1=C[C@@H]2CN(CCc3c([nH]c4ccccc34)[C@@](C(=O)OC)(c3cc4c(cc3OC)N(C)[C@H]3C(O)(COC(=O)c5ccccc5)[C@H](OC(C)=O)[C@]5(CC)C=CCN6CC[C@]43C65)C2)C1. The molecule has 336 valence electrons. The largest absolute Gasteiger partial charge is 0.496 e. The summed E-state index contributed by atoms with van der Waals surface area (Å²) in [6, 6.07) is 20.3. The number of nitrogens with one attached hydrogen (secondary N) is 1. The van der Waals surface area contributed by atoms with Gasteiger partial charge in [-0.15, -0.1) is 0 Å². The van der Waals surface area contributed by atoms with E-state index in [1.165, 1.54) is 19.6 Å². The summed E-state index contributed by atoms with van der Waals surface area (Å²) in [5, 5.41) is 14.9. The lowest BCUT2D eigenvalue weighted by Gasteiger charge is -2.64. The number of carbonyl (C=O) groups is 3. The second-order valence-electron chi connectivity index (χ2n) is 19.1. The molecule has 3 aromatic carbocycles. The molecule has 12 nitrogen and oxygen atoms in total. The van der Waals surface area contributed by atoms with Gasteiger partial charge < -0.3 is 33.9 Å². The highest BCUT2D eigenvalue weighted by molar-refractivity contribution is 5.94. The van der Waals surface area contributed by atoms with Gasteiger partial charge in [0.25, 0.3) is 0 Å². The van der Waals surface area contributed by atoms with E-state index in [0.29, 0.717) is 49.2 Å². The number of methoxy groups -OCH3 is 2. The zero-order valence-electron chi connectivity index (χ0n) is 37.8. The normalized spacial score (nSPS) is 32.5. The first-order valence-corrected chi connectivity index (χ1v) is 23.0. The highest BCUT2D eigenvalue weighted by Gasteiger charge is 2.78. The van der Waals surface area contributed by atoms with Crippen molar-refractivity contribution < 1.29 is 38.4 Å². The van der Waals surface area contributed by atoms with Crippen molar-refractivity contribution >= 4 is 34.5 Å². The van der Waals surface area contributed by atoms with Crippen molar-refractivity contribution in [2.24, 2.45) is 11.3 Å². The van der Waals surface area contributed by atoms with Gasteiger partial charge in [0.2, 0.25) is 0 Å². The van der Waals surface area contributed by atoms with E-state index in [1.54, 1.807) is 31.4 Å². The monoisotopic (exact) mass is 868 g/mol. The minimum atomic E-state index is -1.91. The Kier molecular flexibility index (Phi) is 10.4. The number of hydrogen-bond acceptors (Lipinski definition) is 11. The van der Waals surface area contributed by atoms with Gasteiger partial charge in [-0.3, -0.25) is 19.4 Å². The van der Waals surface area contributed by atoms with E-state index < -0.39 is 52.5 Å². The van der Waals surface area contributed by atoms with Crippen LogP contribution in [0.25, 0.3) is 10.9 Å². The number of carbonyl (C=O) groups excluding carboxylic acids is 3. The van der Waals surface area contributed by atoms with Crippen molar-refractivity contribution in [1.29, 1.82) is 0 Å². The number of likely N-dealkylation sites (N-methyl/N-ethyl adjacent to an activating group) is 1. The van der Waals surface area contributed by atoms with Crippen molar-refractivity contribution in [3.05, 3.63) is 118 Å². The summed E-state index contributed by atoms with van der Waals surface area (Å²) in [5.41, 5.74) is 2.16. The standard InChI is InChI=1S/C52H60N4O8/c1-7-33-25-34-28-51(48(59)62-6,43-37(19-23-55(29-33)30-34)36-17-12-13-18-40(36)53-43)39-26-38-41(27-42(39)61-5)54(4)46-50(38)21-24-56-22-14-20-49(8-2,45(50)56)47(64-32(3)57)52(46,60)31-63-44(58)35-15-10-9-11-16-35/h9-18,20,25-27,34,45-47,53,60H,7-8,19,21-24,28-31H2,1-6H3/t34-,45?,46+,47+,49+,50+,51-,52?/m0/s1. The molecule has 1 spiro atoms. The first-order valence-electron chi connectivity index (χ1n) is 23.0. The lowest BCUT2D eigenvalue weighted by atomic mass is 9.47. The Morgan fingerprint density at radius 1 is 0.969 bits per heavy atom. The molecule has 6 aliphatic rings. The van der Waals surface area contributed by atoms with Gasteiger partial charge in [-0.25, -0.2) is 4.79 Å². The van der Waals surface area contributed by atoms with E-state index in [9.17, 15) is 14.7 Å². The van der Waals surface area contributed by atoms with E-state index in [2.05, 4.69) is 76.0 Å². The average molecular weight is 869 g/mol. The Morgan fingerprint density at radius 3 is 2.48 bits per heavy atom. The fourth-order valence-electron chi connectivity index (χ4n) is 13.8. The van der Waals surface area contributed by atoms with Crippen molar-refractivity contribution in [3.8, 4) is 5.75 Å². The molecular weight excluding hydrogens is 809 g/mol. The van der Waals surface area contributed by atoms with Crippen LogP contribution in [0.15, 0.2) is 90.5 Å². The summed E-state index contributed by atoms with van der Waals surface area (Å²) in [7, 11) is 5.09. The number of aliphatic hydroxyl groups is 1. The Hall–Kier alpha value is -5.43. The highest BCUT2D eigenvalue weighted by Crippen LogP contribution is 2.68. The Bertz CT molecular complexity index is 2590. The molecule has 0 amide bonds. The molecule has 9 atom stereocenters. The number of H-pyrrole nitrogens is 1. The van der Waals surface area contributed by atoms with Crippen LogP contribution >= 0.6 is 0 Å². The molecule has 5 aliphatic heterocycles. The van der Waals surface area contributed by atoms with Crippen LogP contribution in [0.1, 0.15) is 79.2 Å². The van der Waals surface area contributed by atoms with Crippen LogP contribution in [0.5, 0.6) is 5.75 Å². The molecule has 2 bridgehead atoms. The molecule has 2 N–H and O–H groups in total. The number of esters is 3. The molecule has 3 unspecified atom stereocenters. The van der Waals surface area contributed by atoms with Gasteiger partial charge in [0.1, 0.15) is 23.9 Å². The van der Waals surface area contributed by atoms with Crippen LogP contribution in [0, 0.1) is 11.3 Å². The predicted octanol–water partition coefficient (Wildman–Crippen LogP) is 6.48. The van der Waals surface area contributed by atoms with Crippen LogP contribution in [-0.2, 0) is 41.1 Å². The number of fused-ring (bicyclic) bond motifs is 6. The predicted molar refractivity (Wildman–Crippen MR) is 244 cm³/mol. The van der Waals surface area contributed by atoms with Crippen molar-refractivity contribution in [2.45, 2.75) is 87.5 Å². The lowest BCUT2D eigenvalue weighted by Crippen LogP contribution is -2.80. The average Bonchev–Trinajstić information content (AvgIpc) is 3.98. The lowest BCUT2D eigenvalue weighted by molar-refractivity contribution is -0.228. The molecule has 1 saturated carbocycles. The number of nitrogens with zero attached hydrogens (tertiary/aromatic N) is 3. The van der Waals surface area contributed by atoms with Gasteiger partial charge in [-0.05, 0) is 80.0 Å². The molecule has 0 radical (unpaired) electrons. The van der Waals surface area contributed by atoms with Crippen molar-refractivity contribution in [3.63, 3.8) is 0 Å². The number of aromatic amines is 1. The first kappa shape index (κ1) is 42.5. The highest BCUT2D eigenvalue weighted by atomic mass is 16.6. The maximum atomic E-state index is 15.4. The van der Waals surface area contributed by atoms with Crippen LogP contribution < -0.4 is 9.64 Å². The third kappa shape index (κ3) is 5.93. The summed E-state index contributed by atoms with van der Waals surface area (Å²) < 4.78 is 25.0. The first-order chi connectivity index (χ1) is 30.9. The summed E-state index contributed by atoms with van der Waals surface area (Å²) in [5.74, 6) is -0.933. The molecule has 4 aromatic rings. The van der Waals surface area contributed by atoms with Gasteiger partial charge in [0.05, 0.1) is 25.8 Å². The zero-order valence-corrected chi connectivity index (χ0v) is 37.8. The van der Waals surface area contributed by atoms with E-state index in [0.717, 1.165) is 65.9 Å². The number of benzene rings is 3. The fraction of sp³-hybridized carbons (Fsp3) is 0.481. The number of ether oxygens (including phenoxy) is 4. The molecule has 1 aromatic heterocycles. The molecule has 1 saturated heterocycles. The molecule has 6 heterocycles. The summed E-state index contributed by atoms with van der Waals surface area (Å²) >= 11 is 0. The maximum absolute atomic E-state index is 15.4. The quantitative estimate of drug-likeness (QED) is 0.109. The Labute approximate surface area is 375 Å². The minimum Gasteiger partial charge on any atom is -0.496 e. The molecule has 2 fully saturated rings. The van der Waals surface area contributed by atoms with E-state index in [4.69, 9.17) is 18.9 Å². The number of rotatable bonds is 9. The van der Waals surface area contributed by atoms with Gasteiger partial charge in [0.15, 0.2) is 5.60 Å². The smallest absolute Gasteiger partial charge is 0.338 e. The zero-order chi connectivity index (χ0) is 44.8. The van der Waals surface area contributed by atoms with Crippen molar-refractivity contribution in [1.82, 2.24) is 14.8 Å². The summed E-state index contributed by atoms with van der Waals surface area (Å²) in [4.78, 5) is 53.4. The minimum absolute atomic E-state index is 0.0217. The number of aromatic nitrogens is 1. The second-order valence-corrected chi connectivity index (χ2v) is 19.1. The summed E-state index contributed by atoms with van der Waals surface area (Å²) in [6.07, 6.45) is 8.85. The third-order valence-corrected chi connectivity index (χ3v) is 16.1. The number of para-hydroxylation sites is 1. The molecule has 12 heteroatoms. The van der Waals surface area contributed by atoms with E-state index in [1.807, 2.05) is 25.2 Å². The fourth-order valence-corrected chi connectivity index (χ4v) is 13.8. The van der Waals surface area contributed by atoms with Crippen LogP contribution in [0.4, 0.5) is 5.69 Å². The van der Waals surface area contributed by atoms with Gasteiger partial charge in [0, 0.05) is 90.9 Å². The topological polar surface area (TPSA) is 134 Å². The molecule has 10 rings (SSSR count). The Morgan fingerprint density at radius 2 is 1.75 bits per heavy atom. The van der Waals surface area contributed by atoms with E-state index in [-0.39, 0.29) is 17.9 Å². The van der Waals surface area contributed by atoms with Crippen LogP contribution in [0.2, 0.25) is 0 Å². The van der Waals surface area contributed by atoms with E-state index >= 15 is 4.79 Å². The Balaban J connectivity index is 1.24. The second kappa shape index (κ2) is 15.6. The maximum Gasteiger partial charge on any atom is 0.338 e. The molecule has 1 aliphatic carbocycles. The molecular formula is C52H60N4O8. The third-order valence-electron chi connectivity index (χ3n) is 16.1. The van der Waals surface area contributed by atoms with Gasteiger partial charge >= 0.3 is 17.9 Å². The van der Waals surface area contributed by atoms with Crippen LogP contribution in [-0.4, -0.2) is 122 Å². The van der Waals surface area contributed by atoms with Gasteiger partial charge in [-0.2, -0.15) is 0 Å².